The van der Waals surface area contributed by atoms with Crippen molar-refractivity contribution in [2.24, 2.45) is 10.9 Å². The van der Waals surface area contributed by atoms with Crippen molar-refractivity contribution in [2.75, 3.05) is 13.7 Å². The Kier molecular flexibility index (Phi) is 7.08. The lowest BCUT2D eigenvalue weighted by molar-refractivity contribution is 0.271. The molecule has 1 heterocycles. The van der Waals surface area contributed by atoms with E-state index in [1.807, 2.05) is 30.3 Å². The summed E-state index contributed by atoms with van der Waals surface area (Å²) >= 11 is 0. The first-order valence-corrected chi connectivity index (χ1v) is 8.23. The number of hydrogen-bond acceptors (Lipinski definition) is 3. The number of nitrogens with zero attached hydrogens (tertiary/aromatic N) is 2. The van der Waals surface area contributed by atoms with Crippen LogP contribution in [-0.4, -0.2) is 24.6 Å². The van der Waals surface area contributed by atoms with Gasteiger partial charge in [0.15, 0.2) is 5.96 Å². The van der Waals surface area contributed by atoms with Crippen molar-refractivity contribution in [1.29, 1.82) is 0 Å². The molecule has 2 rings (SSSR count). The van der Waals surface area contributed by atoms with Crippen LogP contribution in [0.15, 0.2) is 53.7 Å². The lowest BCUT2D eigenvalue weighted by Crippen LogP contribution is -2.36. The van der Waals surface area contributed by atoms with Crippen LogP contribution in [0.5, 0.6) is 5.75 Å². The van der Waals surface area contributed by atoms with E-state index in [0.29, 0.717) is 19.0 Å². The maximum Gasteiger partial charge on any atom is 0.191 e. The van der Waals surface area contributed by atoms with Crippen molar-refractivity contribution in [2.45, 2.75) is 26.9 Å². The van der Waals surface area contributed by atoms with Gasteiger partial charge in [0.1, 0.15) is 5.75 Å². The predicted molar refractivity (Wildman–Crippen MR) is 98.1 cm³/mol. The SMILES string of the molecule is CN=C(NCc1cccc(OCC(C)C)c1)NCc1ccccn1. The third-order valence-electron chi connectivity index (χ3n) is 3.33. The molecule has 0 unspecified atom stereocenters. The van der Waals surface area contributed by atoms with Gasteiger partial charge < -0.3 is 15.4 Å². The van der Waals surface area contributed by atoms with E-state index in [2.05, 4.69) is 46.6 Å². The molecule has 0 aliphatic carbocycles. The van der Waals surface area contributed by atoms with E-state index in [1.165, 1.54) is 0 Å². The van der Waals surface area contributed by atoms with Gasteiger partial charge in [-0.15, -0.1) is 0 Å². The van der Waals surface area contributed by atoms with Gasteiger partial charge in [0, 0.05) is 19.8 Å². The molecule has 0 spiro atoms. The highest BCUT2D eigenvalue weighted by atomic mass is 16.5. The fraction of sp³-hybridized carbons (Fsp3) is 0.368. The van der Waals surface area contributed by atoms with E-state index in [4.69, 9.17) is 4.74 Å². The Labute approximate surface area is 144 Å². The number of rotatable bonds is 7. The quantitative estimate of drug-likeness (QED) is 0.607. The van der Waals surface area contributed by atoms with Crippen LogP contribution in [0.25, 0.3) is 0 Å². The summed E-state index contributed by atoms with van der Waals surface area (Å²) in [5.74, 6) is 2.16. The Bertz CT molecular complexity index is 641. The first-order chi connectivity index (χ1) is 11.7. The van der Waals surface area contributed by atoms with Crippen LogP contribution in [0.4, 0.5) is 0 Å². The second kappa shape index (κ2) is 9.55. The number of hydrogen-bond donors (Lipinski definition) is 2. The molecular formula is C19H26N4O. The largest absolute Gasteiger partial charge is 0.493 e. The zero-order chi connectivity index (χ0) is 17.2. The first kappa shape index (κ1) is 17.8. The van der Waals surface area contributed by atoms with Gasteiger partial charge in [-0.2, -0.15) is 0 Å². The van der Waals surface area contributed by atoms with Crippen LogP contribution in [0.2, 0.25) is 0 Å². The minimum Gasteiger partial charge on any atom is -0.493 e. The highest BCUT2D eigenvalue weighted by Gasteiger charge is 2.02. The first-order valence-electron chi connectivity index (χ1n) is 8.23. The topological polar surface area (TPSA) is 58.5 Å². The summed E-state index contributed by atoms with van der Waals surface area (Å²) in [4.78, 5) is 8.52. The summed E-state index contributed by atoms with van der Waals surface area (Å²) in [7, 11) is 1.76. The zero-order valence-corrected chi connectivity index (χ0v) is 14.6. The average molecular weight is 326 g/mol. The molecule has 0 bridgehead atoms. The normalized spacial score (nSPS) is 11.4. The van der Waals surface area contributed by atoms with E-state index >= 15 is 0 Å². The molecule has 2 N–H and O–H groups in total. The van der Waals surface area contributed by atoms with Crippen LogP contribution >= 0.6 is 0 Å². The van der Waals surface area contributed by atoms with E-state index in [9.17, 15) is 0 Å². The van der Waals surface area contributed by atoms with Crippen molar-refractivity contribution in [3.63, 3.8) is 0 Å². The summed E-state index contributed by atoms with van der Waals surface area (Å²) in [6, 6.07) is 14.0. The van der Waals surface area contributed by atoms with Crippen molar-refractivity contribution in [3.05, 3.63) is 59.9 Å². The molecule has 1 aromatic carbocycles. The maximum absolute atomic E-state index is 5.76. The molecule has 0 amide bonds. The number of guanidine groups is 1. The molecule has 5 heteroatoms. The van der Waals surface area contributed by atoms with Gasteiger partial charge in [-0.1, -0.05) is 32.0 Å². The fourth-order valence-electron chi connectivity index (χ4n) is 2.09. The molecule has 0 aliphatic heterocycles. The number of aromatic nitrogens is 1. The summed E-state index contributed by atoms with van der Waals surface area (Å²) in [5.41, 5.74) is 2.13. The molecule has 2 aromatic rings. The van der Waals surface area contributed by atoms with Crippen LogP contribution in [0, 0.1) is 5.92 Å². The number of pyridine rings is 1. The van der Waals surface area contributed by atoms with E-state index in [1.54, 1.807) is 13.2 Å². The predicted octanol–water partition coefficient (Wildman–Crippen LogP) is 2.98. The van der Waals surface area contributed by atoms with E-state index < -0.39 is 0 Å². The molecule has 0 saturated heterocycles. The second-order valence-corrected chi connectivity index (χ2v) is 5.95. The van der Waals surface area contributed by atoms with Gasteiger partial charge in [-0.25, -0.2) is 0 Å². The summed E-state index contributed by atoms with van der Waals surface area (Å²) in [6.45, 7) is 6.33. The maximum atomic E-state index is 5.76. The molecule has 1 aromatic heterocycles. The van der Waals surface area contributed by atoms with Gasteiger partial charge in [-0.05, 0) is 35.7 Å². The molecular weight excluding hydrogens is 300 g/mol. The van der Waals surface area contributed by atoms with Crippen LogP contribution in [0.1, 0.15) is 25.1 Å². The summed E-state index contributed by atoms with van der Waals surface area (Å²) in [5, 5.41) is 6.56. The van der Waals surface area contributed by atoms with Crippen molar-refractivity contribution in [3.8, 4) is 5.75 Å². The Balaban J connectivity index is 1.83. The minimum atomic E-state index is 0.515. The zero-order valence-electron chi connectivity index (χ0n) is 14.6. The fourth-order valence-corrected chi connectivity index (χ4v) is 2.09. The average Bonchev–Trinajstić information content (AvgIpc) is 2.61. The molecule has 5 nitrogen and oxygen atoms in total. The molecule has 0 atom stereocenters. The summed E-state index contributed by atoms with van der Waals surface area (Å²) in [6.07, 6.45) is 1.79. The Hall–Kier alpha value is -2.56. The molecule has 0 saturated carbocycles. The smallest absolute Gasteiger partial charge is 0.191 e. The highest BCUT2D eigenvalue weighted by Crippen LogP contribution is 2.14. The monoisotopic (exact) mass is 326 g/mol. The molecule has 24 heavy (non-hydrogen) atoms. The van der Waals surface area contributed by atoms with Gasteiger partial charge in [0.05, 0.1) is 18.8 Å². The molecule has 128 valence electrons. The van der Waals surface area contributed by atoms with Crippen LogP contribution in [-0.2, 0) is 13.1 Å². The standard InChI is InChI=1S/C19H26N4O/c1-15(2)14-24-18-9-6-7-16(11-18)12-22-19(20-3)23-13-17-8-4-5-10-21-17/h4-11,15H,12-14H2,1-3H3,(H2,20,22,23). The molecule has 0 fully saturated rings. The second-order valence-electron chi connectivity index (χ2n) is 5.95. The van der Waals surface area contributed by atoms with Crippen molar-refractivity contribution < 1.29 is 4.74 Å². The van der Waals surface area contributed by atoms with Crippen LogP contribution < -0.4 is 15.4 Å². The van der Waals surface area contributed by atoms with Gasteiger partial charge in [-0.3, -0.25) is 9.98 Å². The van der Waals surface area contributed by atoms with E-state index in [0.717, 1.165) is 29.6 Å². The van der Waals surface area contributed by atoms with Gasteiger partial charge in [0.25, 0.3) is 0 Å². The third kappa shape index (κ3) is 6.28. The Morgan fingerprint density at radius 2 is 1.96 bits per heavy atom. The van der Waals surface area contributed by atoms with Crippen molar-refractivity contribution >= 4 is 5.96 Å². The molecule has 0 radical (unpaired) electrons. The van der Waals surface area contributed by atoms with Crippen LogP contribution in [0.3, 0.4) is 0 Å². The highest BCUT2D eigenvalue weighted by molar-refractivity contribution is 5.79. The van der Waals surface area contributed by atoms with E-state index in [-0.39, 0.29) is 0 Å². The lowest BCUT2D eigenvalue weighted by Gasteiger charge is -2.13. The number of ether oxygens (including phenoxy) is 1. The Morgan fingerprint density at radius 3 is 2.67 bits per heavy atom. The number of benzene rings is 1. The minimum absolute atomic E-state index is 0.515. The lowest BCUT2D eigenvalue weighted by atomic mass is 10.2. The van der Waals surface area contributed by atoms with Crippen molar-refractivity contribution in [1.82, 2.24) is 15.6 Å². The van der Waals surface area contributed by atoms with Gasteiger partial charge >= 0.3 is 0 Å². The number of nitrogens with one attached hydrogen (secondary N) is 2. The Morgan fingerprint density at radius 1 is 1.12 bits per heavy atom. The van der Waals surface area contributed by atoms with Gasteiger partial charge in [0.2, 0.25) is 0 Å². The summed E-state index contributed by atoms with van der Waals surface area (Å²) < 4.78 is 5.76. The number of aliphatic imine (C=N–C) groups is 1. The molecule has 0 aliphatic rings. The third-order valence-corrected chi connectivity index (χ3v) is 3.33.